The molecule has 0 aliphatic carbocycles. The Hall–Kier alpha value is -6.24. The molecule has 0 spiro atoms. The van der Waals surface area contributed by atoms with Gasteiger partial charge < -0.3 is 18.7 Å². The molecule has 62 heavy (non-hydrogen) atoms. The van der Waals surface area contributed by atoms with Gasteiger partial charge in [0.15, 0.2) is 0 Å². The van der Waals surface area contributed by atoms with Crippen molar-refractivity contribution in [1.82, 2.24) is 4.57 Å². The number of rotatable bonds is 3. The van der Waals surface area contributed by atoms with Crippen LogP contribution in [0, 0.1) is 0 Å². The zero-order valence-corrected chi connectivity index (χ0v) is 37.6. The highest BCUT2D eigenvalue weighted by atomic mass is 32.1. The summed E-state index contributed by atoms with van der Waals surface area (Å²) in [6.45, 7) is 20.6. The zero-order valence-electron chi connectivity index (χ0n) is 36.8. The molecule has 0 fully saturated rings. The molecule has 5 heterocycles. The van der Waals surface area contributed by atoms with E-state index >= 15 is 0 Å². The second-order valence-electron chi connectivity index (χ2n) is 20.5. The summed E-state index contributed by atoms with van der Waals surface area (Å²) in [4.78, 5) is 0. The van der Waals surface area contributed by atoms with E-state index in [1.807, 2.05) is 17.4 Å². The number of para-hydroxylation sites is 2. The average Bonchev–Trinajstić information content (AvgIpc) is 3.99. The second kappa shape index (κ2) is 12.7. The Morgan fingerprint density at radius 3 is 1.89 bits per heavy atom. The molecule has 0 unspecified atom stereocenters. The van der Waals surface area contributed by atoms with Crippen LogP contribution in [0.2, 0.25) is 0 Å². The Labute approximate surface area is 366 Å². The first-order valence-corrected chi connectivity index (χ1v) is 22.6. The van der Waals surface area contributed by atoms with Crippen LogP contribution in [-0.2, 0) is 16.2 Å². The number of hydrogen-bond acceptors (Lipinski definition) is 4. The summed E-state index contributed by atoms with van der Waals surface area (Å²) in [5.74, 6) is 0. The Morgan fingerprint density at radius 1 is 0.548 bits per heavy atom. The van der Waals surface area contributed by atoms with Crippen LogP contribution in [0.3, 0.4) is 0 Å². The summed E-state index contributed by atoms with van der Waals surface area (Å²) in [5, 5.41) is 12.0. The number of anilines is 2. The SMILES string of the molecule is CC(C)(C)c1ccc(Nc2cc3oc4ccccc4c3cc2-c2c3c4c(c5cc(C(C)(C)C)ccc5n4-c4c(sc5ccc(C(C)(C)C)cc45)[B]3)c3oc4ccccc4c23)cc1. The molecule has 303 valence electrons. The van der Waals surface area contributed by atoms with E-state index in [1.54, 1.807) is 0 Å². The molecule has 1 N–H and O–H groups in total. The summed E-state index contributed by atoms with van der Waals surface area (Å²) in [7, 11) is 2.48. The van der Waals surface area contributed by atoms with Gasteiger partial charge in [-0.1, -0.05) is 123 Å². The van der Waals surface area contributed by atoms with Crippen LogP contribution in [0.25, 0.3) is 92.6 Å². The minimum atomic E-state index is -0.0407. The van der Waals surface area contributed by atoms with E-state index < -0.39 is 0 Å². The van der Waals surface area contributed by atoms with Gasteiger partial charge in [0.2, 0.25) is 7.28 Å². The van der Waals surface area contributed by atoms with Crippen LogP contribution in [0.15, 0.2) is 130 Å². The van der Waals surface area contributed by atoms with E-state index in [2.05, 4.69) is 195 Å². The number of nitrogens with zero attached hydrogens (tertiary/aromatic N) is 1. The van der Waals surface area contributed by atoms with Gasteiger partial charge in [-0.25, -0.2) is 0 Å². The molecule has 1 aliphatic rings. The van der Waals surface area contributed by atoms with Gasteiger partial charge in [-0.05, 0) is 103 Å². The zero-order chi connectivity index (χ0) is 42.6. The van der Waals surface area contributed by atoms with E-state index in [-0.39, 0.29) is 16.2 Å². The molecular weight excluding hydrogens is 776 g/mol. The summed E-state index contributed by atoms with van der Waals surface area (Å²) < 4.78 is 18.9. The van der Waals surface area contributed by atoms with Crippen molar-refractivity contribution in [3.63, 3.8) is 0 Å². The molecule has 6 heteroatoms. The van der Waals surface area contributed by atoms with Crippen molar-refractivity contribution in [2.24, 2.45) is 0 Å². The summed E-state index contributed by atoms with van der Waals surface area (Å²) in [5.41, 5.74) is 16.5. The number of aromatic nitrogens is 1. The van der Waals surface area contributed by atoms with Crippen molar-refractivity contribution in [3.05, 3.63) is 138 Å². The minimum Gasteiger partial charge on any atom is -0.456 e. The lowest BCUT2D eigenvalue weighted by atomic mass is 9.62. The molecule has 7 aromatic carbocycles. The van der Waals surface area contributed by atoms with Crippen LogP contribution in [0.1, 0.15) is 79.0 Å². The van der Waals surface area contributed by atoms with Crippen LogP contribution < -0.4 is 15.6 Å². The summed E-state index contributed by atoms with van der Waals surface area (Å²) >= 11 is 1.89. The molecular formula is C56H48BN2O2S. The van der Waals surface area contributed by atoms with Gasteiger partial charge in [0.1, 0.15) is 22.3 Å². The van der Waals surface area contributed by atoms with E-state index in [1.165, 1.54) is 59.1 Å². The maximum absolute atomic E-state index is 7.20. The highest BCUT2D eigenvalue weighted by Crippen LogP contribution is 2.50. The van der Waals surface area contributed by atoms with Crippen molar-refractivity contribution in [3.8, 4) is 16.8 Å². The minimum absolute atomic E-state index is 0.00889. The Kier molecular flexibility index (Phi) is 7.67. The number of thiophene rings is 1. The Bertz CT molecular complexity index is 3690. The number of nitrogens with one attached hydrogen (secondary N) is 1. The smallest absolute Gasteiger partial charge is 0.211 e. The van der Waals surface area contributed by atoms with Crippen LogP contribution >= 0.6 is 11.3 Å². The summed E-state index contributed by atoms with van der Waals surface area (Å²) in [6, 6.07) is 44.6. The molecule has 0 saturated carbocycles. The highest BCUT2D eigenvalue weighted by molar-refractivity contribution is 7.29. The number of furan rings is 2. The first kappa shape index (κ1) is 37.5. The lowest BCUT2D eigenvalue weighted by Crippen LogP contribution is -2.35. The largest absolute Gasteiger partial charge is 0.456 e. The lowest BCUT2D eigenvalue weighted by Gasteiger charge is -2.24. The third-order valence-electron chi connectivity index (χ3n) is 13.3. The predicted octanol–water partition coefficient (Wildman–Crippen LogP) is 15.1. The topological polar surface area (TPSA) is 43.2 Å². The molecule has 0 atom stereocenters. The fraction of sp³-hybridized carbons (Fsp3) is 0.214. The Morgan fingerprint density at radius 2 is 1.18 bits per heavy atom. The molecule has 0 amide bonds. The molecule has 12 rings (SSSR count). The second-order valence-corrected chi connectivity index (χ2v) is 21.6. The van der Waals surface area contributed by atoms with Crippen LogP contribution in [-0.4, -0.2) is 11.8 Å². The van der Waals surface area contributed by atoms with Gasteiger partial charge in [-0.3, -0.25) is 0 Å². The number of hydrogen-bond donors (Lipinski definition) is 1. The average molecular weight is 824 g/mol. The van der Waals surface area contributed by atoms with Gasteiger partial charge in [0.25, 0.3) is 0 Å². The first-order chi connectivity index (χ1) is 29.6. The van der Waals surface area contributed by atoms with E-state index in [0.717, 1.165) is 71.8 Å². The van der Waals surface area contributed by atoms with E-state index in [9.17, 15) is 0 Å². The fourth-order valence-corrected chi connectivity index (χ4v) is 11.1. The van der Waals surface area contributed by atoms with Crippen molar-refractivity contribution in [1.29, 1.82) is 0 Å². The van der Waals surface area contributed by atoms with Gasteiger partial charge >= 0.3 is 0 Å². The standard InChI is InChI=1S/C56H48BN2O2S/c1-54(2,3)30-18-22-33(23-19-30)58-40-29-44-36(34-14-10-12-16-42(34)60-44)28-37(40)46-47-35-15-11-13-17-43(35)61-52(47)48-38-26-31(55(4,5)6)20-24-41(38)59-50-39-27-32(56(7,8)9)21-25-45(39)62-53(50)57-49(46)51(48)59/h10-29,58H,1-9H3. The van der Waals surface area contributed by atoms with Gasteiger partial charge in [0.05, 0.1) is 27.8 Å². The lowest BCUT2D eigenvalue weighted by molar-refractivity contribution is 0.590. The molecule has 1 aliphatic heterocycles. The van der Waals surface area contributed by atoms with Crippen LogP contribution in [0.5, 0.6) is 0 Å². The van der Waals surface area contributed by atoms with Gasteiger partial charge in [0, 0.05) is 54.3 Å². The predicted molar refractivity (Wildman–Crippen MR) is 267 cm³/mol. The van der Waals surface area contributed by atoms with Gasteiger partial charge in [-0.2, -0.15) is 0 Å². The highest BCUT2D eigenvalue weighted by Gasteiger charge is 2.35. The monoisotopic (exact) mass is 823 g/mol. The fourth-order valence-electron chi connectivity index (χ4n) is 9.94. The molecule has 11 aromatic rings. The molecule has 4 aromatic heterocycles. The maximum atomic E-state index is 7.20. The molecule has 0 bridgehead atoms. The first-order valence-electron chi connectivity index (χ1n) is 21.8. The third-order valence-corrected chi connectivity index (χ3v) is 14.4. The molecule has 0 saturated heterocycles. The van der Waals surface area contributed by atoms with Crippen LogP contribution in [0.4, 0.5) is 11.4 Å². The summed E-state index contributed by atoms with van der Waals surface area (Å²) in [6.07, 6.45) is 0. The van der Waals surface area contributed by atoms with Crippen molar-refractivity contribution >= 4 is 116 Å². The van der Waals surface area contributed by atoms with E-state index in [4.69, 9.17) is 8.83 Å². The van der Waals surface area contributed by atoms with Crippen molar-refractivity contribution < 1.29 is 8.83 Å². The third kappa shape index (κ3) is 5.45. The van der Waals surface area contributed by atoms with Crippen molar-refractivity contribution in [2.75, 3.05) is 5.32 Å². The maximum Gasteiger partial charge on any atom is 0.211 e. The Balaban J connectivity index is 1.26. The normalized spacial score (nSPS) is 13.4. The van der Waals surface area contributed by atoms with Gasteiger partial charge in [-0.15, -0.1) is 11.3 Å². The molecule has 1 radical (unpaired) electrons. The number of fused-ring (bicyclic) bond motifs is 14. The van der Waals surface area contributed by atoms with Crippen molar-refractivity contribution in [2.45, 2.75) is 78.6 Å². The number of benzene rings is 7. The van der Waals surface area contributed by atoms with E-state index in [0.29, 0.717) is 0 Å². The quantitative estimate of drug-likeness (QED) is 0.181. The molecule has 4 nitrogen and oxygen atoms in total.